The van der Waals surface area contributed by atoms with Gasteiger partial charge in [-0.05, 0) is 30.6 Å². The summed E-state index contributed by atoms with van der Waals surface area (Å²) in [5, 5.41) is 4.80. The second-order valence-electron chi connectivity index (χ2n) is 8.42. The van der Waals surface area contributed by atoms with E-state index < -0.39 is 0 Å². The van der Waals surface area contributed by atoms with Gasteiger partial charge in [-0.2, -0.15) is 0 Å². The monoisotopic (exact) mass is 264 g/mol. The van der Waals surface area contributed by atoms with Gasteiger partial charge in [0.05, 0.1) is 0 Å². The molecule has 1 aliphatic carbocycles. The maximum absolute atomic E-state index is 2.49. The second kappa shape index (κ2) is 3.58. The SMILES string of the molecule is CC1C=C2N(C)N(C)C(C)(C)C(C)(C)C2(C)C1(C)C. The molecule has 0 amide bonds. The average molecular weight is 264 g/mol. The lowest BCUT2D eigenvalue weighted by molar-refractivity contribution is -0.209. The molecule has 0 spiro atoms. The Kier molecular flexibility index (Phi) is 2.80. The van der Waals surface area contributed by atoms with Crippen molar-refractivity contribution < 1.29 is 0 Å². The zero-order valence-electron chi connectivity index (χ0n) is 14.5. The van der Waals surface area contributed by atoms with E-state index in [1.54, 1.807) is 0 Å². The Morgan fingerprint density at radius 2 is 1.42 bits per heavy atom. The van der Waals surface area contributed by atoms with Crippen molar-refractivity contribution in [3.8, 4) is 0 Å². The molecule has 0 bridgehead atoms. The lowest BCUT2D eigenvalue weighted by Gasteiger charge is -2.68. The average Bonchev–Trinajstić information content (AvgIpc) is 2.47. The summed E-state index contributed by atoms with van der Waals surface area (Å²) in [6, 6.07) is 0. The molecule has 2 atom stereocenters. The van der Waals surface area contributed by atoms with Crippen LogP contribution in [0.4, 0.5) is 0 Å². The number of hydrazine groups is 1. The highest BCUT2D eigenvalue weighted by molar-refractivity contribution is 5.33. The van der Waals surface area contributed by atoms with Gasteiger partial charge in [0, 0.05) is 30.7 Å². The lowest BCUT2D eigenvalue weighted by Crippen LogP contribution is -2.70. The molecule has 2 rings (SSSR count). The molecule has 0 aromatic rings. The van der Waals surface area contributed by atoms with Gasteiger partial charge in [0.25, 0.3) is 0 Å². The van der Waals surface area contributed by atoms with Crippen LogP contribution in [0.25, 0.3) is 0 Å². The molecule has 2 aliphatic rings. The van der Waals surface area contributed by atoms with Crippen molar-refractivity contribution in [3.63, 3.8) is 0 Å². The highest BCUT2D eigenvalue weighted by Gasteiger charge is 2.67. The van der Waals surface area contributed by atoms with Crippen LogP contribution in [0.15, 0.2) is 11.8 Å². The van der Waals surface area contributed by atoms with Crippen molar-refractivity contribution in [2.45, 2.75) is 60.9 Å². The van der Waals surface area contributed by atoms with Gasteiger partial charge in [-0.15, -0.1) is 0 Å². The molecule has 110 valence electrons. The van der Waals surface area contributed by atoms with Gasteiger partial charge in [-0.25, -0.2) is 5.01 Å². The van der Waals surface area contributed by atoms with Crippen LogP contribution in [-0.2, 0) is 0 Å². The first-order valence-corrected chi connectivity index (χ1v) is 7.53. The minimum absolute atomic E-state index is 0.120. The summed E-state index contributed by atoms with van der Waals surface area (Å²) in [7, 11) is 4.44. The Hall–Kier alpha value is -0.500. The zero-order chi connectivity index (χ0) is 15.0. The largest absolute Gasteiger partial charge is 0.312 e. The number of rotatable bonds is 0. The van der Waals surface area contributed by atoms with Crippen LogP contribution in [0.3, 0.4) is 0 Å². The molecule has 0 saturated carbocycles. The molecule has 1 fully saturated rings. The van der Waals surface area contributed by atoms with Crippen LogP contribution in [0.5, 0.6) is 0 Å². The van der Waals surface area contributed by atoms with Crippen molar-refractivity contribution in [2.75, 3.05) is 14.1 Å². The number of hydrogen-bond acceptors (Lipinski definition) is 2. The molecule has 1 heterocycles. The quantitative estimate of drug-likeness (QED) is 0.648. The van der Waals surface area contributed by atoms with Gasteiger partial charge in [0.1, 0.15) is 0 Å². The van der Waals surface area contributed by atoms with E-state index in [0.29, 0.717) is 5.92 Å². The topological polar surface area (TPSA) is 6.48 Å². The Balaban J connectivity index is 2.73. The Bertz CT molecular complexity index is 431. The van der Waals surface area contributed by atoms with E-state index in [1.807, 2.05) is 0 Å². The highest BCUT2D eigenvalue weighted by Crippen LogP contribution is 2.69. The van der Waals surface area contributed by atoms with Crippen LogP contribution in [0.2, 0.25) is 0 Å². The normalized spacial score (nSPS) is 40.0. The lowest BCUT2D eigenvalue weighted by atomic mass is 9.47. The molecular formula is C17H32N2. The van der Waals surface area contributed by atoms with Crippen molar-refractivity contribution in [1.29, 1.82) is 0 Å². The molecule has 2 heteroatoms. The van der Waals surface area contributed by atoms with Crippen LogP contribution >= 0.6 is 0 Å². The molecule has 0 radical (unpaired) electrons. The maximum atomic E-state index is 2.49. The smallest absolute Gasteiger partial charge is 0.0404 e. The summed E-state index contributed by atoms with van der Waals surface area (Å²) in [5.41, 5.74) is 2.27. The van der Waals surface area contributed by atoms with Crippen molar-refractivity contribution in [2.24, 2.45) is 22.2 Å². The van der Waals surface area contributed by atoms with Crippen molar-refractivity contribution >= 4 is 0 Å². The van der Waals surface area contributed by atoms with Gasteiger partial charge in [0.15, 0.2) is 0 Å². The molecule has 19 heavy (non-hydrogen) atoms. The first-order chi connectivity index (χ1) is 8.33. The summed E-state index contributed by atoms with van der Waals surface area (Å²) >= 11 is 0. The number of hydrogen-bond donors (Lipinski definition) is 0. The molecule has 2 nitrogen and oxygen atoms in total. The van der Waals surface area contributed by atoms with Gasteiger partial charge < -0.3 is 5.01 Å². The predicted octanol–water partition coefficient (Wildman–Crippen LogP) is 4.15. The molecule has 1 aliphatic heterocycles. The van der Waals surface area contributed by atoms with Crippen molar-refractivity contribution in [1.82, 2.24) is 10.0 Å². The fraction of sp³-hybridized carbons (Fsp3) is 0.882. The first kappa shape index (κ1) is 14.9. The number of nitrogens with zero attached hydrogens (tertiary/aromatic N) is 2. The third-order valence-electron chi connectivity index (χ3n) is 7.73. The van der Waals surface area contributed by atoms with E-state index >= 15 is 0 Å². The third kappa shape index (κ3) is 1.32. The molecular weight excluding hydrogens is 232 g/mol. The van der Waals surface area contributed by atoms with Crippen molar-refractivity contribution in [3.05, 3.63) is 11.8 Å². The van der Waals surface area contributed by atoms with Crippen LogP contribution in [-0.4, -0.2) is 29.7 Å². The van der Waals surface area contributed by atoms with E-state index in [0.717, 1.165) is 0 Å². The minimum Gasteiger partial charge on any atom is -0.312 e. The van der Waals surface area contributed by atoms with Crippen LogP contribution in [0, 0.1) is 22.2 Å². The Labute approximate surface area is 119 Å². The fourth-order valence-electron chi connectivity index (χ4n) is 4.51. The molecule has 2 unspecified atom stereocenters. The molecule has 1 saturated heterocycles. The zero-order valence-corrected chi connectivity index (χ0v) is 14.5. The third-order valence-corrected chi connectivity index (χ3v) is 7.73. The molecule has 0 aromatic carbocycles. The minimum atomic E-state index is 0.120. The first-order valence-electron chi connectivity index (χ1n) is 7.53. The standard InChI is InChI=1S/C17H32N2/c1-12-11-13-17(8,14(12,2)3)15(4,5)16(6,7)19(10)18(13)9/h11-12H,1-10H3. The van der Waals surface area contributed by atoms with E-state index in [-0.39, 0.29) is 21.8 Å². The summed E-state index contributed by atoms with van der Waals surface area (Å²) in [6.07, 6.45) is 2.49. The molecule has 0 aromatic heterocycles. The Morgan fingerprint density at radius 3 is 1.89 bits per heavy atom. The van der Waals surface area contributed by atoms with E-state index in [9.17, 15) is 0 Å². The fourth-order valence-corrected chi connectivity index (χ4v) is 4.51. The van der Waals surface area contributed by atoms with E-state index in [2.05, 4.69) is 85.6 Å². The Morgan fingerprint density at radius 1 is 0.947 bits per heavy atom. The van der Waals surface area contributed by atoms with Gasteiger partial charge in [0.2, 0.25) is 0 Å². The summed E-state index contributed by atoms with van der Waals surface area (Å²) in [5.74, 6) is 0.608. The predicted molar refractivity (Wildman–Crippen MR) is 82.5 cm³/mol. The number of allylic oxidation sites excluding steroid dienone is 2. The van der Waals surface area contributed by atoms with Gasteiger partial charge >= 0.3 is 0 Å². The highest BCUT2D eigenvalue weighted by atomic mass is 15.6. The maximum Gasteiger partial charge on any atom is 0.0404 e. The molecule has 0 N–H and O–H groups in total. The van der Waals surface area contributed by atoms with Crippen LogP contribution < -0.4 is 0 Å². The second-order valence-corrected chi connectivity index (χ2v) is 8.42. The van der Waals surface area contributed by atoms with E-state index in [4.69, 9.17) is 0 Å². The summed E-state index contributed by atoms with van der Waals surface area (Å²) in [4.78, 5) is 0. The van der Waals surface area contributed by atoms with E-state index in [1.165, 1.54) is 5.70 Å². The summed E-state index contributed by atoms with van der Waals surface area (Å²) in [6.45, 7) is 19.4. The summed E-state index contributed by atoms with van der Waals surface area (Å²) < 4.78 is 0. The van der Waals surface area contributed by atoms with Gasteiger partial charge in [-0.1, -0.05) is 47.6 Å². The number of fused-ring (bicyclic) bond motifs is 1. The van der Waals surface area contributed by atoms with Gasteiger partial charge in [-0.3, -0.25) is 0 Å². The van der Waals surface area contributed by atoms with Crippen LogP contribution in [0.1, 0.15) is 55.4 Å².